The molecule has 1 aromatic carbocycles. The largest absolute Gasteiger partial charge is 0.310 e. The highest BCUT2D eigenvalue weighted by Crippen LogP contribution is 2.49. The molecule has 4 unspecified atom stereocenters. The molecule has 0 radical (unpaired) electrons. The van der Waals surface area contributed by atoms with Gasteiger partial charge in [-0.2, -0.15) is 5.26 Å². The zero-order valence-corrected chi connectivity index (χ0v) is 11.9. The van der Waals surface area contributed by atoms with Crippen LogP contribution < -0.4 is 5.32 Å². The summed E-state index contributed by atoms with van der Waals surface area (Å²) in [5.41, 5.74) is 0.732. The van der Waals surface area contributed by atoms with Gasteiger partial charge in [-0.25, -0.2) is 4.39 Å². The Balaban J connectivity index is 1.61. The Labute approximate surface area is 120 Å². The van der Waals surface area contributed by atoms with Crippen molar-refractivity contribution >= 4 is 0 Å². The molecule has 4 atom stereocenters. The van der Waals surface area contributed by atoms with Gasteiger partial charge in [0.2, 0.25) is 0 Å². The third kappa shape index (κ3) is 2.45. The van der Waals surface area contributed by atoms with E-state index in [-0.39, 0.29) is 11.4 Å². The summed E-state index contributed by atoms with van der Waals surface area (Å²) in [6, 6.07) is 7.36. The summed E-state index contributed by atoms with van der Waals surface area (Å²) in [6.45, 7) is 2.73. The van der Waals surface area contributed by atoms with Gasteiger partial charge in [0.25, 0.3) is 0 Å². The summed E-state index contributed by atoms with van der Waals surface area (Å²) in [5, 5.41) is 12.3. The molecule has 2 saturated carbocycles. The normalized spacial score (nSPS) is 29.4. The van der Waals surface area contributed by atoms with Crippen molar-refractivity contribution in [1.29, 1.82) is 5.26 Å². The smallest absolute Gasteiger partial charge is 0.145 e. The maximum Gasteiger partial charge on any atom is 0.145 e. The minimum Gasteiger partial charge on any atom is -0.310 e. The lowest BCUT2D eigenvalue weighted by Crippen LogP contribution is -2.36. The van der Waals surface area contributed by atoms with Crippen LogP contribution in [0.5, 0.6) is 0 Å². The van der Waals surface area contributed by atoms with Crippen LogP contribution in [0.3, 0.4) is 0 Å². The van der Waals surface area contributed by atoms with Gasteiger partial charge in [-0.05, 0) is 50.0 Å². The van der Waals surface area contributed by atoms with Crippen LogP contribution >= 0.6 is 0 Å². The van der Waals surface area contributed by atoms with Gasteiger partial charge in [0.1, 0.15) is 11.9 Å². The fourth-order valence-corrected chi connectivity index (χ4v) is 4.13. The Morgan fingerprint density at radius 1 is 1.40 bits per heavy atom. The topological polar surface area (TPSA) is 35.8 Å². The summed E-state index contributed by atoms with van der Waals surface area (Å²) < 4.78 is 14.0. The lowest BCUT2D eigenvalue weighted by atomic mass is 9.84. The molecule has 2 bridgehead atoms. The predicted molar refractivity (Wildman–Crippen MR) is 76.4 cm³/mol. The molecular weight excluding hydrogens is 251 g/mol. The van der Waals surface area contributed by atoms with Crippen molar-refractivity contribution in [2.75, 3.05) is 0 Å². The molecule has 20 heavy (non-hydrogen) atoms. The Morgan fingerprint density at radius 2 is 2.25 bits per heavy atom. The fraction of sp³-hybridized carbons (Fsp3) is 0.588. The van der Waals surface area contributed by atoms with Crippen molar-refractivity contribution in [2.45, 2.75) is 45.2 Å². The van der Waals surface area contributed by atoms with Gasteiger partial charge in [0.05, 0.1) is 5.56 Å². The number of rotatable bonds is 4. The molecule has 0 saturated heterocycles. The lowest BCUT2D eigenvalue weighted by Gasteiger charge is -2.28. The Morgan fingerprint density at radius 3 is 2.90 bits per heavy atom. The maximum absolute atomic E-state index is 14.0. The molecule has 0 heterocycles. The van der Waals surface area contributed by atoms with Gasteiger partial charge in [-0.3, -0.25) is 0 Å². The maximum atomic E-state index is 14.0. The summed E-state index contributed by atoms with van der Waals surface area (Å²) >= 11 is 0. The Hall–Kier alpha value is -1.40. The van der Waals surface area contributed by atoms with Gasteiger partial charge < -0.3 is 5.32 Å². The van der Waals surface area contributed by atoms with E-state index in [0.29, 0.717) is 18.2 Å². The number of halogens is 1. The number of fused-ring (bicyclic) bond motifs is 2. The molecule has 3 rings (SSSR count). The van der Waals surface area contributed by atoms with Gasteiger partial charge >= 0.3 is 0 Å². The van der Waals surface area contributed by atoms with Gasteiger partial charge in [-0.15, -0.1) is 0 Å². The molecule has 0 spiro atoms. The molecule has 2 fully saturated rings. The second-order valence-electron chi connectivity index (χ2n) is 6.40. The minimum atomic E-state index is -0.373. The monoisotopic (exact) mass is 272 g/mol. The highest BCUT2D eigenvalue weighted by atomic mass is 19.1. The molecule has 0 aromatic heterocycles. The van der Waals surface area contributed by atoms with Crippen LogP contribution in [0, 0.1) is 34.9 Å². The standard InChI is InChI=1S/C17H21FN2/c1-11(16-8-12-5-6-13(16)7-12)20-10-15-4-2-3-14(9-19)17(15)18/h2-4,11-13,16,20H,5-8,10H2,1H3. The minimum absolute atomic E-state index is 0.136. The molecule has 3 heteroatoms. The molecule has 2 aliphatic carbocycles. The van der Waals surface area contributed by atoms with E-state index >= 15 is 0 Å². The van der Waals surface area contributed by atoms with Crippen molar-refractivity contribution in [3.8, 4) is 6.07 Å². The van der Waals surface area contributed by atoms with E-state index in [1.807, 2.05) is 6.07 Å². The van der Waals surface area contributed by atoms with Gasteiger partial charge in [0, 0.05) is 18.2 Å². The number of nitriles is 1. The van der Waals surface area contributed by atoms with Crippen LogP contribution in [-0.4, -0.2) is 6.04 Å². The molecule has 1 N–H and O–H groups in total. The fourth-order valence-electron chi connectivity index (χ4n) is 4.13. The van der Waals surface area contributed by atoms with Crippen molar-refractivity contribution in [3.63, 3.8) is 0 Å². The molecule has 0 amide bonds. The first kappa shape index (κ1) is 13.6. The average molecular weight is 272 g/mol. The number of benzene rings is 1. The third-order valence-electron chi connectivity index (χ3n) is 5.25. The van der Waals surface area contributed by atoms with Crippen LogP contribution in [0.25, 0.3) is 0 Å². The van der Waals surface area contributed by atoms with E-state index in [4.69, 9.17) is 5.26 Å². The first-order valence-corrected chi connectivity index (χ1v) is 7.60. The van der Waals surface area contributed by atoms with Crippen LogP contribution in [0.4, 0.5) is 4.39 Å². The van der Waals surface area contributed by atoms with Crippen molar-refractivity contribution in [2.24, 2.45) is 17.8 Å². The molecule has 2 nitrogen and oxygen atoms in total. The quantitative estimate of drug-likeness (QED) is 0.908. The van der Waals surface area contributed by atoms with E-state index in [1.54, 1.807) is 12.1 Å². The van der Waals surface area contributed by atoms with Crippen molar-refractivity contribution < 1.29 is 4.39 Å². The summed E-state index contributed by atoms with van der Waals surface area (Å²) in [4.78, 5) is 0. The van der Waals surface area contributed by atoms with Crippen LogP contribution in [0.15, 0.2) is 18.2 Å². The first-order chi connectivity index (χ1) is 9.69. The summed E-state index contributed by atoms with van der Waals surface area (Å²) in [5.74, 6) is 2.18. The van der Waals surface area contributed by atoms with Crippen LogP contribution in [-0.2, 0) is 6.54 Å². The van der Waals surface area contributed by atoms with Crippen molar-refractivity contribution in [3.05, 3.63) is 35.1 Å². The predicted octanol–water partition coefficient (Wildman–Crippen LogP) is 3.61. The number of nitrogens with zero attached hydrogens (tertiary/aromatic N) is 1. The Kier molecular flexibility index (Phi) is 3.76. The van der Waals surface area contributed by atoms with E-state index in [2.05, 4.69) is 12.2 Å². The second-order valence-corrected chi connectivity index (χ2v) is 6.40. The number of nitrogens with one attached hydrogen (secondary N) is 1. The summed E-state index contributed by atoms with van der Waals surface area (Å²) in [7, 11) is 0. The molecule has 1 aromatic rings. The average Bonchev–Trinajstić information content (AvgIpc) is 3.08. The second kappa shape index (κ2) is 5.54. The van der Waals surface area contributed by atoms with Gasteiger partial charge in [0.15, 0.2) is 0 Å². The third-order valence-corrected chi connectivity index (χ3v) is 5.25. The lowest BCUT2D eigenvalue weighted by molar-refractivity contribution is 0.259. The SMILES string of the molecule is CC(NCc1cccc(C#N)c1F)C1CC2CCC1C2. The van der Waals surface area contributed by atoms with Gasteiger partial charge in [-0.1, -0.05) is 18.6 Å². The van der Waals surface area contributed by atoms with Crippen LogP contribution in [0.1, 0.15) is 43.7 Å². The number of hydrogen-bond donors (Lipinski definition) is 1. The molecular formula is C17H21FN2. The first-order valence-electron chi connectivity index (χ1n) is 7.60. The zero-order chi connectivity index (χ0) is 14.1. The van der Waals surface area contributed by atoms with E-state index in [1.165, 1.54) is 31.7 Å². The highest BCUT2D eigenvalue weighted by Gasteiger charge is 2.41. The molecule has 2 aliphatic rings. The molecule has 106 valence electrons. The molecule has 0 aliphatic heterocycles. The van der Waals surface area contributed by atoms with E-state index in [0.717, 1.165) is 17.8 Å². The van der Waals surface area contributed by atoms with Crippen LogP contribution in [0.2, 0.25) is 0 Å². The number of hydrogen-bond acceptors (Lipinski definition) is 2. The van der Waals surface area contributed by atoms with E-state index in [9.17, 15) is 4.39 Å². The van der Waals surface area contributed by atoms with E-state index < -0.39 is 0 Å². The Bertz CT molecular complexity index is 534. The summed E-state index contributed by atoms with van der Waals surface area (Å²) in [6.07, 6.45) is 5.51. The van der Waals surface area contributed by atoms with Crippen molar-refractivity contribution in [1.82, 2.24) is 5.32 Å². The highest BCUT2D eigenvalue weighted by molar-refractivity contribution is 5.34. The zero-order valence-electron chi connectivity index (χ0n) is 11.9.